The largest absolute Gasteiger partial charge is 0.396 e. The third-order valence-electron chi connectivity index (χ3n) is 3.63. The first kappa shape index (κ1) is 14.7. The van der Waals surface area contributed by atoms with Gasteiger partial charge in [0.05, 0.1) is 12.3 Å². The number of urea groups is 1. The maximum absolute atomic E-state index is 13.4. The molecule has 1 aromatic rings. The summed E-state index contributed by atoms with van der Waals surface area (Å²) in [6, 6.07) is 5.50. The number of benzene rings is 1. The van der Waals surface area contributed by atoms with Gasteiger partial charge in [0.25, 0.3) is 0 Å². The zero-order valence-electron chi connectivity index (χ0n) is 11.2. The summed E-state index contributed by atoms with van der Waals surface area (Å²) in [7, 11) is 0. The van der Waals surface area contributed by atoms with Crippen molar-refractivity contribution in [2.75, 3.05) is 31.7 Å². The molecule has 6 heteroatoms. The predicted octanol–water partition coefficient (Wildman–Crippen LogP) is 1.74. The van der Waals surface area contributed by atoms with E-state index in [9.17, 15) is 14.3 Å². The lowest BCUT2D eigenvalue weighted by Crippen LogP contribution is -2.44. The van der Waals surface area contributed by atoms with Crippen LogP contribution in [0, 0.1) is 11.2 Å². The molecule has 5 nitrogen and oxygen atoms in total. The van der Waals surface area contributed by atoms with Gasteiger partial charge in [-0.25, -0.2) is 9.18 Å². The van der Waals surface area contributed by atoms with Crippen LogP contribution >= 0.6 is 0 Å². The molecule has 0 saturated carbocycles. The average Bonchev–Trinajstić information content (AvgIpc) is 2.49. The van der Waals surface area contributed by atoms with Crippen molar-refractivity contribution >= 4 is 11.7 Å². The van der Waals surface area contributed by atoms with Crippen LogP contribution in [0.5, 0.6) is 0 Å². The second-order valence-corrected chi connectivity index (χ2v) is 5.06. The molecule has 110 valence electrons. The Kier molecular flexibility index (Phi) is 4.92. The third kappa shape index (κ3) is 3.68. The van der Waals surface area contributed by atoms with E-state index >= 15 is 0 Å². The minimum absolute atomic E-state index is 0.00363. The number of aliphatic hydroxyl groups is 1. The number of hydrogen-bond acceptors (Lipinski definition) is 3. The zero-order valence-corrected chi connectivity index (χ0v) is 11.2. The van der Waals surface area contributed by atoms with Gasteiger partial charge in [-0.3, -0.25) is 0 Å². The van der Waals surface area contributed by atoms with Gasteiger partial charge in [-0.05, 0) is 25.0 Å². The first-order valence-electron chi connectivity index (χ1n) is 6.63. The Morgan fingerprint density at radius 1 is 1.35 bits per heavy atom. The lowest BCUT2D eigenvalue weighted by Gasteiger charge is -2.35. The lowest BCUT2D eigenvalue weighted by atomic mass is 9.81. The number of amides is 2. The monoisotopic (exact) mass is 282 g/mol. The van der Waals surface area contributed by atoms with Crippen molar-refractivity contribution in [1.82, 2.24) is 5.32 Å². The van der Waals surface area contributed by atoms with Crippen LogP contribution in [0.15, 0.2) is 24.3 Å². The minimum atomic E-state index is -0.481. The number of carbonyl (C=O) groups excluding carboxylic acids is 1. The number of carbonyl (C=O) groups is 1. The molecule has 1 fully saturated rings. The van der Waals surface area contributed by atoms with Crippen molar-refractivity contribution in [2.24, 2.45) is 5.41 Å². The van der Waals surface area contributed by atoms with Gasteiger partial charge in [0.1, 0.15) is 5.82 Å². The molecular formula is C14H19FN2O3. The standard InChI is InChI=1S/C14H19FN2O3/c15-11-3-1-2-4-12(11)17-13(19)16-9-14(10-18)5-7-20-8-6-14/h1-4,18H,5-10H2,(H2,16,17,19). The van der Waals surface area contributed by atoms with E-state index in [1.165, 1.54) is 12.1 Å². The van der Waals surface area contributed by atoms with Crippen molar-refractivity contribution in [2.45, 2.75) is 12.8 Å². The highest BCUT2D eigenvalue weighted by Gasteiger charge is 2.32. The van der Waals surface area contributed by atoms with Gasteiger partial charge >= 0.3 is 6.03 Å². The number of ether oxygens (including phenoxy) is 1. The Balaban J connectivity index is 1.87. The van der Waals surface area contributed by atoms with E-state index in [2.05, 4.69) is 10.6 Å². The second-order valence-electron chi connectivity index (χ2n) is 5.06. The minimum Gasteiger partial charge on any atom is -0.396 e. The summed E-state index contributed by atoms with van der Waals surface area (Å²) >= 11 is 0. The Labute approximate surface area is 117 Å². The van der Waals surface area contributed by atoms with Crippen LogP contribution in [-0.4, -0.2) is 37.5 Å². The van der Waals surface area contributed by atoms with Gasteiger partial charge in [0.15, 0.2) is 0 Å². The van der Waals surface area contributed by atoms with Crippen molar-refractivity contribution < 1.29 is 19.0 Å². The zero-order chi connectivity index (χ0) is 14.4. The second kappa shape index (κ2) is 6.67. The maximum Gasteiger partial charge on any atom is 0.319 e. The molecule has 1 heterocycles. The summed E-state index contributed by atoms with van der Waals surface area (Å²) in [6.45, 7) is 1.50. The topological polar surface area (TPSA) is 70.6 Å². The Hall–Kier alpha value is -1.66. The van der Waals surface area contributed by atoms with Gasteiger partial charge in [0.2, 0.25) is 0 Å². The Bertz CT molecular complexity index is 461. The smallest absolute Gasteiger partial charge is 0.319 e. The molecule has 0 radical (unpaired) electrons. The molecule has 2 rings (SSSR count). The lowest BCUT2D eigenvalue weighted by molar-refractivity contribution is -0.0136. The van der Waals surface area contributed by atoms with E-state index in [1.54, 1.807) is 12.1 Å². The first-order chi connectivity index (χ1) is 9.65. The summed E-state index contributed by atoms with van der Waals surface area (Å²) in [5.74, 6) is -0.481. The number of rotatable bonds is 4. The molecule has 0 aromatic heterocycles. The van der Waals surface area contributed by atoms with Crippen LogP contribution in [0.25, 0.3) is 0 Å². The number of nitrogens with one attached hydrogen (secondary N) is 2. The molecule has 0 bridgehead atoms. The number of hydrogen-bond donors (Lipinski definition) is 3. The highest BCUT2D eigenvalue weighted by atomic mass is 19.1. The van der Waals surface area contributed by atoms with E-state index in [0.717, 1.165) is 0 Å². The van der Waals surface area contributed by atoms with Crippen molar-refractivity contribution in [3.63, 3.8) is 0 Å². The number of para-hydroxylation sites is 1. The first-order valence-corrected chi connectivity index (χ1v) is 6.63. The molecule has 2 amide bonds. The molecule has 0 unspecified atom stereocenters. The quantitative estimate of drug-likeness (QED) is 0.787. The fourth-order valence-electron chi connectivity index (χ4n) is 2.19. The van der Waals surface area contributed by atoms with E-state index in [1.807, 2.05) is 0 Å². The van der Waals surface area contributed by atoms with Gasteiger partial charge in [-0.15, -0.1) is 0 Å². The normalized spacial score (nSPS) is 17.5. The summed E-state index contributed by atoms with van der Waals surface area (Å²) in [5.41, 5.74) is -0.208. The van der Waals surface area contributed by atoms with Crippen LogP contribution in [0.4, 0.5) is 14.9 Å². The van der Waals surface area contributed by atoms with Gasteiger partial charge in [-0.1, -0.05) is 12.1 Å². The highest BCUT2D eigenvalue weighted by Crippen LogP contribution is 2.28. The Morgan fingerprint density at radius 2 is 2.05 bits per heavy atom. The number of anilines is 1. The Morgan fingerprint density at radius 3 is 2.70 bits per heavy atom. The van der Waals surface area contributed by atoms with E-state index in [-0.39, 0.29) is 17.7 Å². The van der Waals surface area contributed by atoms with E-state index < -0.39 is 11.8 Å². The average molecular weight is 282 g/mol. The van der Waals surface area contributed by atoms with Gasteiger partial charge in [-0.2, -0.15) is 0 Å². The summed E-state index contributed by atoms with van der Waals surface area (Å²) < 4.78 is 18.6. The van der Waals surface area contributed by atoms with Gasteiger partial charge < -0.3 is 20.5 Å². The van der Waals surface area contributed by atoms with Crippen molar-refractivity contribution in [3.05, 3.63) is 30.1 Å². The molecular weight excluding hydrogens is 263 g/mol. The molecule has 1 aromatic carbocycles. The fourth-order valence-corrected chi connectivity index (χ4v) is 2.19. The van der Waals surface area contributed by atoms with Crippen LogP contribution in [0.2, 0.25) is 0 Å². The number of aliphatic hydroxyl groups excluding tert-OH is 1. The molecule has 0 spiro atoms. The van der Waals surface area contributed by atoms with Crippen LogP contribution in [-0.2, 0) is 4.74 Å². The maximum atomic E-state index is 13.4. The molecule has 0 atom stereocenters. The summed E-state index contributed by atoms with van der Waals surface area (Å²) in [6.07, 6.45) is 1.40. The summed E-state index contributed by atoms with van der Waals surface area (Å²) in [5, 5.41) is 14.6. The van der Waals surface area contributed by atoms with Crippen molar-refractivity contribution in [1.29, 1.82) is 0 Å². The highest BCUT2D eigenvalue weighted by molar-refractivity contribution is 5.89. The third-order valence-corrected chi connectivity index (χ3v) is 3.63. The SMILES string of the molecule is O=C(NCC1(CO)CCOCC1)Nc1ccccc1F. The van der Waals surface area contributed by atoms with E-state index in [4.69, 9.17) is 4.74 Å². The number of halogens is 1. The summed E-state index contributed by atoms with van der Waals surface area (Å²) in [4.78, 5) is 11.8. The van der Waals surface area contributed by atoms with Gasteiger partial charge in [0, 0.05) is 25.2 Å². The fraction of sp³-hybridized carbons (Fsp3) is 0.500. The van der Waals surface area contributed by atoms with E-state index in [0.29, 0.717) is 32.6 Å². The van der Waals surface area contributed by atoms with Crippen LogP contribution < -0.4 is 10.6 Å². The molecule has 1 aliphatic heterocycles. The van der Waals surface area contributed by atoms with Crippen LogP contribution in [0.1, 0.15) is 12.8 Å². The van der Waals surface area contributed by atoms with Crippen LogP contribution in [0.3, 0.4) is 0 Å². The molecule has 0 aliphatic carbocycles. The molecule has 20 heavy (non-hydrogen) atoms. The molecule has 1 aliphatic rings. The predicted molar refractivity (Wildman–Crippen MR) is 73.0 cm³/mol. The molecule has 1 saturated heterocycles. The molecule has 3 N–H and O–H groups in total. The van der Waals surface area contributed by atoms with Crippen molar-refractivity contribution in [3.8, 4) is 0 Å².